The van der Waals surface area contributed by atoms with Crippen LogP contribution in [0.4, 0.5) is 0 Å². The second-order valence-corrected chi connectivity index (χ2v) is 8.62. The van der Waals surface area contributed by atoms with E-state index in [-0.39, 0.29) is 18.4 Å². The molecule has 0 bridgehead atoms. The van der Waals surface area contributed by atoms with Crippen molar-refractivity contribution in [3.63, 3.8) is 0 Å². The molecule has 1 atom stereocenters. The summed E-state index contributed by atoms with van der Waals surface area (Å²) in [6, 6.07) is 24.8. The number of benzene rings is 3. The van der Waals surface area contributed by atoms with E-state index >= 15 is 0 Å². The highest BCUT2D eigenvalue weighted by Crippen LogP contribution is 2.18. The van der Waals surface area contributed by atoms with Gasteiger partial charge in [-0.05, 0) is 54.7 Å². The number of hydrogen-bond acceptors (Lipinski definition) is 3. The van der Waals surface area contributed by atoms with Gasteiger partial charge in [-0.2, -0.15) is 0 Å². The Hall–Kier alpha value is -3.60. The number of nitrogens with one attached hydrogen (secondary N) is 1. The lowest BCUT2D eigenvalue weighted by molar-refractivity contribution is -0.142. The second-order valence-electron chi connectivity index (χ2n) is 8.62. The minimum absolute atomic E-state index is 0.137. The van der Waals surface area contributed by atoms with Crippen LogP contribution in [0.2, 0.25) is 0 Å². The fourth-order valence-electron chi connectivity index (χ4n) is 3.94. The molecule has 3 aromatic rings. The van der Waals surface area contributed by atoms with E-state index in [0.717, 1.165) is 28.7 Å². The molecule has 34 heavy (non-hydrogen) atoms. The fraction of sp³-hybridized carbons (Fsp3) is 0.310. The smallest absolute Gasteiger partial charge is 0.261 e. The number of aryl methyl sites for hydroxylation is 2. The van der Waals surface area contributed by atoms with Gasteiger partial charge in [0.25, 0.3) is 5.91 Å². The maximum atomic E-state index is 13.5. The first-order valence-corrected chi connectivity index (χ1v) is 11.8. The number of amides is 2. The molecule has 1 N–H and O–H groups in total. The van der Waals surface area contributed by atoms with Crippen LogP contribution in [0.1, 0.15) is 35.6 Å². The maximum absolute atomic E-state index is 13.5. The van der Waals surface area contributed by atoms with E-state index in [4.69, 9.17) is 4.74 Å². The largest absolute Gasteiger partial charge is 0.484 e. The molecule has 2 amide bonds. The molecule has 178 valence electrons. The zero-order valence-electron chi connectivity index (χ0n) is 20.3. The molecule has 0 spiro atoms. The van der Waals surface area contributed by atoms with Crippen LogP contribution in [0.25, 0.3) is 0 Å². The number of ether oxygens (including phenoxy) is 1. The quantitative estimate of drug-likeness (QED) is 0.447. The highest BCUT2D eigenvalue weighted by molar-refractivity contribution is 5.88. The van der Waals surface area contributed by atoms with Gasteiger partial charge < -0.3 is 15.0 Å². The monoisotopic (exact) mass is 458 g/mol. The van der Waals surface area contributed by atoms with Gasteiger partial charge in [0.1, 0.15) is 11.8 Å². The predicted octanol–water partition coefficient (Wildman–Crippen LogP) is 4.85. The summed E-state index contributed by atoms with van der Waals surface area (Å²) in [6.45, 7) is 6.76. The van der Waals surface area contributed by atoms with Gasteiger partial charge in [0.15, 0.2) is 6.61 Å². The van der Waals surface area contributed by atoms with Gasteiger partial charge in [-0.25, -0.2) is 0 Å². The summed E-state index contributed by atoms with van der Waals surface area (Å²) in [5.74, 6) is 0.275. The first kappa shape index (κ1) is 25.0. The highest BCUT2D eigenvalue weighted by atomic mass is 16.5. The summed E-state index contributed by atoms with van der Waals surface area (Å²) in [5.41, 5.74) is 4.11. The number of rotatable bonds is 11. The van der Waals surface area contributed by atoms with Crippen LogP contribution >= 0.6 is 0 Å². The highest BCUT2D eigenvalue weighted by Gasteiger charge is 2.30. The van der Waals surface area contributed by atoms with Crippen molar-refractivity contribution in [1.82, 2.24) is 10.2 Å². The molecule has 0 aliphatic carbocycles. The number of carbonyl (C=O) groups is 2. The molecule has 0 unspecified atom stereocenters. The van der Waals surface area contributed by atoms with Crippen LogP contribution in [0.5, 0.6) is 5.75 Å². The van der Waals surface area contributed by atoms with E-state index in [1.807, 2.05) is 93.6 Å². The molecular formula is C29H34N2O3. The Morgan fingerprint density at radius 1 is 0.882 bits per heavy atom. The Labute approximate surface area is 202 Å². The standard InChI is InChI=1S/C29H34N2O3/c1-4-15-30-29(33)27(19-24-11-7-5-8-12-24)31(20-25-13-9-6-10-14-25)28(32)21-34-26-17-22(2)16-23(3)18-26/h5-14,16-18,27H,4,15,19-21H2,1-3H3,(H,30,33)/t27-/m0/s1. The van der Waals surface area contributed by atoms with E-state index in [0.29, 0.717) is 25.3 Å². The lowest BCUT2D eigenvalue weighted by atomic mass is 10.0. The van der Waals surface area contributed by atoms with E-state index in [2.05, 4.69) is 11.4 Å². The molecule has 0 heterocycles. The summed E-state index contributed by atoms with van der Waals surface area (Å²) >= 11 is 0. The zero-order valence-corrected chi connectivity index (χ0v) is 20.3. The molecule has 5 nitrogen and oxygen atoms in total. The fourth-order valence-corrected chi connectivity index (χ4v) is 3.94. The Kier molecular flexibility index (Phi) is 9.27. The summed E-state index contributed by atoms with van der Waals surface area (Å²) in [4.78, 5) is 28.4. The average Bonchev–Trinajstić information content (AvgIpc) is 2.84. The van der Waals surface area contributed by atoms with Crippen LogP contribution in [-0.4, -0.2) is 35.9 Å². The Balaban J connectivity index is 1.87. The predicted molar refractivity (Wildman–Crippen MR) is 136 cm³/mol. The van der Waals surface area contributed by atoms with Gasteiger partial charge in [-0.1, -0.05) is 73.7 Å². The summed E-state index contributed by atoms with van der Waals surface area (Å²) in [5, 5.41) is 2.99. The molecule has 3 aromatic carbocycles. The molecular weight excluding hydrogens is 424 g/mol. The molecule has 0 aromatic heterocycles. The Morgan fingerprint density at radius 2 is 1.47 bits per heavy atom. The Morgan fingerprint density at radius 3 is 2.06 bits per heavy atom. The van der Waals surface area contributed by atoms with Crippen LogP contribution in [0.3, 0.4) is 0 Å². The van der Waals surface area contributed by atoms with E-state index in [1.54, 1.807) is 4.90 Å². The molecule has 0 saturated carbocycles. The van der Waals surface area contributed by atoms with Crippen LogP contribution in [-0.2, 0) is 22.6 Å². The summed E-state index contributed by atoms with van der Waals surface area (Å²) in [6.07, 6.45) is 1.25. The van der Waals surface area contributed by atoms with E-state index < -0.39 is 6.04 Å². The maximum Gasteiger partial charge on any atom is 0.261 e. The van der Waals surface area contributed by atoms with Gasteiger partial charge in [0, 0.05) is 19.5 Å². The van der Waals surface area contributed by atoms with Gasteiger partial charge >= 0.3 is 0 Å². The van der Waals surface area contributed by atoms with Gasteiger partial charge in [-0.15, -0.1) is 0 Å². The van der Waals surface area contributed by atoms with Crippen molar-refractivity contribution in [3.05, 3.63) is 101 Å². The van der Waals surface area contributed by atoms with Crippen molar-refractivity contribution in [3.8, 4) is 5.75 Å². The van der Waals surface area contributed by atoms with Crippen molar-refractivity contribution in [1.29, 1.82) is 0 Å². The van der Waals surface area contributed by atoms with Crippen molar-refractivity contribution in [2.75, 3.05) is 13.2 Å². The summed E-state index contributed by atoms with van der Waals surface area (Å²) in [7, 11) is 0. The van der Waals surface area contributed by atoms with E-state index in [9.17, 15) is 9.59 Å². The number of hydrogen-bond donors (Lipinski definition) is 1. The van der Waals surface area contributed by atoms with Gasteiger partial charge in [-0.3, -0.25) is 9.59 Å². The third kappa shape index (κ3) is 7.48. The zero-order chi connectivity index (χ0) is 24.3. The first-order valence-electron chi connectivity index (χ1n) is 11.8. The minimum atomic E-state index is -0.649. The van der Waals surface area contributed by atoms with Crippen molar-refractivity contribution < 1.29 is 14.3 Å². The van der Waals surface area contributed by atoms with Crippen LogP contribution < -0.4 is 10.1 Å². The molecule has 3 rings (SSSR count). The third-order valence-electron chi connectivity index (χ3n) is 5.57. The molecule has 0 saturated heterocycles. The lowest BCUT2D eigenvalue weighted by Gasteiger charge is -2.31. The molecule has 0 radical (unpaired) electrons. The third-order valence-corrected chi connectivity index (χ3v) is 5.57. The molecule has 5 heteroatoms. The SMILES string of the molecule is CCCNC(=O)[C@H](Cc1ccccc1)N(Cc1ccccc1)C(=O)COc1cc(C)cc(C)c1. The molecule has 0 aliphatic heterocycles. The number of carbonyl (C=O) groups excluding carboxylic acids is 2. The van der Waals surface area contributed by atoms with Gasteiger partial charge in [0.05, 0.1) is 0 Å². The second kappa shape index (κ2) is 12.6. The van der Waals surface area contributed by atoms with Crippen molar-refractivity contribution in [2.24, 2.45) is 0 Å². The first-order chi connectivity index (χ1) is 16.5. The molecule has 0 fully saturated rings. The number of nitrogens with zero attached hydrogens (tertiary/aromatic N) is 1. The topological polar surface area (TPSA) is 58.6 Å². The minimum Gasteiger partial charge on any atom is -0.484 e. The van der Waals surface area contributed by atoms with Gasteiger partial charge in [0.2, 0.25) is 5.91 Å². The normalized spacial score (nSPS) is 11.5. The van der Waals surface area contributed by atoms with E-state index in [1.165, 1.54) is 0 Å². The lowest BCUT2D eigenvalue weighted by Crippen LogP contribution is -2.51. The van der Waals surface area contributed by atoms with Crippen molar-refractivity contribution >= 4 is 11.8 Å². The van der Waals surface area contributed by atoms with Crippen LogP contribution in [0.15, 0.2) is 78.9 Å². The Bertz CT molecular complexity index is 1050. The average molecular weight is 459 g/mol. The molecule has 0 aliphatic rings. The van der Waals surface area contributed by atoms with Crippen molar-refractivity contribution in [2.45, 2.75) is 46.2 Å². The summed E-state index contributed by atoms with van der Waals surface area (Å²) < 4.78 is 5.89. The van der Waals surface area contributed by atoms with Crippen LogP contribution in [0, 0.1) is 13.8 Å².